The van der Waals surface area contributed by atoms with Crippen molar-refractivity contribution in [3.05, 3.63) is 77.7 Å². The van der Waals surface area contributed by atoms with E-state index in [0.29, 0.717) is 0 Å². The summed E-state index contributed by atoms with van der Waals surface area (Å²) >= 11 is 1.54. The molecule has 2 aromatic heterocycles. The molecule has 0 aliphatic carbocycles. The summed E-state index contributed by atoms with van der Waals surface area (Å²) in [5.74, 6) is 0.758. The Balaban J connectivity index is 1.66. The maximum Gasteiger partial charge on any atom is 0.181 e. The van der Waals surface area contributed by atoms with Crippen LogP contribution in [0.1, 0.15) is 16.7 Å². The molecule has 0 aliphatic rings. The number of nitrogens with zero attached hydrogens (tertiary/aromatic N) is 3. The van der Waals surface area contributed by atoms with Crippen LogP contribution in [0.15, 0.2) is 66.0 Å². The summed E-state index contributed by atoms with van der Waals surface area (Å²) in [5.41, 5.74) is 6.63. The summed E-state index contributed by atoms with van der Waals surface area (Å²) in [5, 5.41) is 0. The zero-order chi connectivity index (χ0) is 18.1. The Hall–Kier alpha value is -2.79. The van der Waals surface area contributed by atoms with Crippen LogP contribution in [-0.2, 0) is 0 Å². The van der Waals surface area contributed by atoms with Gasteiger partial charge in [-0.1, -0.05) is 34.9 Å². The fraction of sp³-hybridized carbons (Fsp3) is 0.143. The minimum atomic E-state index is 0.758. The van der Waals surface area contributed by atoms with E-state index in [1.165, 1.54) is 16.7 Å². The minimum Gasteiger partial charge on any atom is -0.307 e. The second-order valence-electron chi connectivity index (χ2n) is 6.53. The molecule has 4 aromatic rings. The first-order chi connectivity index (χ1) is 12.6. The number of fused-ring (bicyclic) bond motifs is 1. The number of aryl methyl sites for hydroxylation is 3. The van der Waals surface area contributed by atoms with Crippen LogP contribution in [0.2, 0.25) is 0 Å². The van der Waals surface area contributed by atoms with Crippen molar-refractivity contribution >= 4 is 23.4 Å². The maximum absolute atomic E-state index is 4.82. The molecule has 1 N–H and O–H groups in total. The third-order valence-corrected chi connectivity index (χ3v) is 4.98. The lowest BCUT2D eigenvalue weighted by molar-refractivity contribution is 1.13. The molecule has 0 radical (unpaired) electrons. The maximum atomic E-state index is 4.82. The molecule has 0 unspecified atom stereocenters. The van der Waals surface area contributed by atoms with Gasteiger partial charge < -0.3 is 9.12 Å². The first-order valence-electron chi connectivity index (χ1n) is 8.50. The van der Waals surface area contributed by atoms with Crippen LogP contribution < -0.4 is 4.72 Å². The minimum absolute atomic E-state index is 0.758. The number of nitrogens with one attached hydrogen (secondary N) is 1. The van der Waals surface area contributed by atoms with Crippen LogP contribution >= 0.6 is 11.9 Å². The predicted octanol–water partition coefficient (Wildman–Crippen LogP) is 5.44. The molecule has 0 saturated carbocycles. The highest BCUT2D eigenvalue weighted by Gasteiger charge is 2.10. The van der Waals surface area contributed by atoms with Crippen molar-refractivity contribution in [1.29, 1.82) is 0 Å². The molecule has 0 fully saturated rings. The average Bonchev–Trinajstić information content (AvgIpc) is 3.05. The number of benzene rings is 2. The standard InChI is InChI=1S/C21H20N4S/c1-14-4-6-18(7-5-14)26-24-20-21-23-19(13-25(21)9-8-22-20)17-11-15(2)10-16(3)12-17/h4-13H,1-3H3,(H,22,24). The predicted molar refractivity (Wildman–Crippen MR) is 109 cm³/mol. The molecule has 2 heterocycles. The Bertz CT molecular complexity index is 1050. The van der Waals surface area contributed by atoms with Gasteiger partial charge in [0.25, 0.3) is 0 Å². The number of aromatic nitrogens is 3. The molecule has 4 nitrogen and oxygen atoms in total. The third kappa shape index (κ3) is 3.44. The van der Waals surface area contributed by atoms with Gasteiger partial charge in [0.15, 0.2) is 11.5 Å². The fourth-order valence-corrected chi connectivity index (χ4v) is 3.60. The molecular formula is C21H20N4S. The Morgan fingerprint density at radius 2 is 1.65 bits per heavy atom. The van der Waals surface area contributed by atoms with Crippen molar-refractivity contribution in [3.8, 4) is 11.3 Å². The number of rotatable bonds is 4. The Morgan fingerprint density at radius 3 is 2.38 bits per heavy atom. The fourth-order valence-electron chi connectivity index (χ4n) is 2.97. The smallest absolute Gasteiger partial charge is 0.181 e. The lowest BCUT2D eigenvalue weighted by Gasteiger charge is -2.05. The highest BCUT2D eigenvalue weighted by atomic mass is 32.2. The molecule has 0 amide bonds. The van der Waals surface area contributed by atoms with Crippen LogP contribution in [0.25, 0.3) is 16.9 Å². The highest BCUT2D eigenvalue weighted by molar-refractivity contribution is 8.00. The third-order valence-electron chi connectivity index (χ3n) is 4.18. The molecule has 26 heavy (non-hydrogen) atoms. The van der Waals surface area contributed by atoms with E-state index < -0.39 is 0 Å². The largest absolute Gasteiger partial charge is 0.307 e. The SMILES string of the molecule is Cc1ccc(SNc2nccn3cc(-c4cc(C)cc(C)c4)nc23)cc1. The van der Waals surface area contributed by atoms with Gasteiger partial charge in [0.1, 0.15) is 0 Å². The van der Waals surface area contributed by atoms with E-state index in [1.807, 2.05) is 16.8 Å². The average molecular weight is 360 g/mol. The van der Waals surface area contributed by atoms with Gasteiger partial charge in [-0.25, -0.2) is 9.97 Å². The molecule has 0 saturated heterocycles. The van der Waals surface area contributed by atoms with E-state index in [2.05, 4.69) is 72.9 Å². The molecule has 2 aromatic carbocycles. The summed E-state index contributed by atoms with van der Waals surface area (Å²) in [6, 6.07) is 14.9. The van der Waals surface area contributed by atoms with Crippen molar-refractivity contribution in [2.24, 2.45) is 0 Å². The Labute approximate surface area is 157 Å². The number of hydrogen-bond acceptors (Lipinski definition) is 4. The second kappa shape index (κ2) is 6.84. The molecule has 0 atom stereocenters. The van der Waals surface area contributed by atoms with Crippen LogP contribution in [0, 0.1) is 20.8 Å². The van der Waals surface area contributed by atoms with Gasteiger partial charge in [-0.2, -0.15) is 0 Å². The van der Waals surface area contributed by atoms with E-state index in [4.69, 9.17) is 4.98 Å². The summed E-state index contributed by atoms with van der Waals surface area (Å²) < 4.78 is 5.35. The lowest BCUT2D eigenvalue weighted by Crippen LogP contribution is -1.95. The van der Waals surface area contributed by atoms with Crippen LogP contribution in [0.4, 0.5) is 5.82 Å². The number of anilines is 1. The Morgan fingerprint density at radius 1 is 0.923 bits per heavy atom. The topological polar surface area (TPSA) is 42.2 Å². The quantitative estimate of drug-likeness (QED) is 0.492. The van der Waals surface area contributed by atoms with E-state index in [9.17, 15) is 0 Å². The highest BCUT2D eigenvalue weighted by Crippen LogP contribution is 2.26. The van der Waals surface area contributed by atoms with Crippen molar-refractivity contribution in [2.45, 2.75) is 25.7 Å². The van der Waals surface area contributed by atoms with Crippen molar-refractivity contribution in [3.63, 3.8) is 0 Å². The molecule has 5 heteroatoms. The van der Waals surface area contributed by atoms with E-state index in [0.717, 1.165) is 27.6 Å². The van der Waals surface area contributed by atoms with E-state index in [-0.39, 0.29) is 0 Å². The van der Waals surface area contributed by atoms with Gasteiger partial charge in [0, 0.05) is 29.0 Å². The van der Waals surface area contributed by atoms with Crippen molar-refractivity contribution in [1.82, 2.24) is 14.4 Å². The number of imidazole rings is 1. The van der Waals surface area contributed by atoms with Crippen molar-refractivity contribution < 1.29 is 0 Å². The van der Waals surface area contributed by atoms with Crippen LogP contribution in [0.3, 0.4) is 0 Å². The van der Waals surface area contributed by atoms with Crippen molar-refractivity contribution in [2.75, 3.05) is 4.72 Å². The second-order valence-corrected chi connectivity index (χ2v) is 7.41. The summed E-state index contributed by atoms with van der Waals surface area (Å²) in [6.45, 7) is 6.31. The van der Waals surface area contributed by atoms with Crippen LogP contribution in [-0.4, -0.2) is 14.4 Å². The summed E-state index contributed by atoms with van der Waals surface area (Å²) in [4.78, 5) is 10.4. The monoisotopic (exact) mass is 360 g/mol. The van der Waals surface area contributed by atoms with Gasteiger partial charge >= 0.3 is 0 Å². The normalized spacial score (nSPS) is 11.0. The van der Waals surface area contributed by atoms with E-state index >= 15 is 0 Å². The zero-order valence-corrected chi connectivity index (χ0v) is 15.8. The molecule has 0 aliphatic heterocycles. The van der Waals surface area contributed by atoms with Gasteiger partial charge in [-0.3, -0.25) is 0 Å². The van der Waals surface area contributed by atoms with E-state index in [1.54, 1.807) is 18.1 Å². The first-order valence-corrected chi connectivity index (χ1v) is 9.32. The lowest BCUT2D eigenvalue weighted by atomic mass is 10.1. The molecule has 0 spiro atoms. The number of hydrogen-bond donors (Lipinski definition) is 1. The zero-order valence-electron chi connectivity index (χ0n) is 15.0. The molecular weight excluding hydrogens is 340 g/mol. The summed E-state index contributed by atoms with van der Waals surface area (Å²) in [6.07, 6.45) is 5.77. The van der Waals surface area contributed by atoms with Gasteiger partial charge in [0.2, 0.25) is 0 Å². The van der Waals surface area contributed by atoms with Crippen LogP contribution in [0.5, 0.6) is 0 Å². The van der Waals surface area contributed by atoms with Gasteiger partial charge in [0.05, 0.1) is 5.69 Å². The molecule has 4 rings (SSSR count). The summed E-state index contributed by atoms with van der Waals surface area (Å²) in [7, 11) is 0. The van der Waals surface area contributed by atoms with Gasteiger partial charge in [-0.05, 0) is 57.0 Å². The first kappa shape index (κ1) is 16.7. The van der Waals surface area contributed by atoms with Gasteiger partial charge in [-0.15, -0.1) is 0 Å². The molecule has 0 bridgehead atoms. The Kier molecular flexibility index (Phi) is 4.39. The molecule has 130 valence electrons.